The van der Waals surface area contributed by atoms with Crippen molar-refractivity contribution in [1.29, 1.82) is 0 Å². The Labute approximate surface area is 101 Å². The summed E-state index contributed by atoms with van der Waals surface area (Å²) in [5, 5.41) is 0.514. The molecule has 80 valence electrons. The van der Waals surface area contributed by atoms with Crippen molar-refractivity contribution in [3.05, 3.63) is 10.9 Å². The molecule has 0 spiro atoms. The van der Waals surface area contributed by atoms with Crippen LogP contribution in [0.1, 0.15) is 6.42 Å². The summed E-state index contributed by atoms with van der Waals surface area (Å²) in [6.07, 6.45) is 2.32. The van der Waals surface area contributed by atoms with Crippen LogP contribution in [0.2, 0.25) is 0 Å². The van der Waals surface area contributed by atoms with E-state index in [0.717, 1.165) is 0 Å². The van der Waals surface area contributed by atoms with Gasteiger partial charge in [-0.1, -0.05) is 11.6 Å². The van der Waals surface area contributed by atoms with Gasteiger partial charge in [0, 0.05) is 18.7 Å². The van der Waals surface area contributed by atoms with Crippen LogP contribution >= 0.6 is 34.2 Å². The lowest BCUT2D eigenvalue weighted by atomic mass is 10.1. The van der Waals surface area contributed by atoms with E-state index in [2.05, 4.69) is 4.99 Å². The number of rotatable bonds is 4. The van der Waals surface area contributed by atoms with Crippen molar-refractivity contribution < 1.29 is 9.13 Å². The van der Waals surface area contributed by atoms with Gasteiger partial charge in [-0.05, 0) is 29.0 Å². The molecule has 0 bridgehead atoms. The van der Waals surface area contributed by atoms with Gasteiger partial charge >= 0.3 is 0 Å². The molecule has 0 radical (unpaired) electrons. The molecule has 1 rings (SSSR count). The summed E-state index contributed by atoms with van der Waals surface area (Å²) in [6.45, 7) is 0.474. The first-order valence-electron chi connectivity index (χ1n) is 4.17. The molecule has 0 aliphatic carbocycles. The van der Waals surface area contributed by atoms with Gasteiger partial charge in [-0.15, -0.1) is 0 Å². The largest absolute Gasteiger partial charge is 0.473 e. The van der Waals surface area contributed by atoms with Crippen LogP contribution in [0.3, 0.4) is 0 Å². The lowest BCUT2D eigenvalue weighted by Gasteiger charge is -2.16. The third-order valence-corrected chi connectivity index (χ3v) is 2.40. The first-order valence-corrected chi connectivity index (χ1v) is 5.79. The summed E-state index contributed by atoms with van der Waals surface area (Å²) in [6, 6.07) is 0. The minimum absolute atomic E-state index is 0.0310. The fourth-order valence-corrected chi connectivity index (χ4v) is 1.50. The minimum Gasteiger partial charge on any atom is -0.473 e. The first kappa shape index (κ1) is 12.2. The molecule has 0 amide bonds. The number of allylic oxidation sites excluding steroid dienone is 1. The molecular formula is C8H11ClFIN2O. The second-order valence-electron chi connectivity index (χ2n) is 2.89. The van der Waals surface area contributed by atoms with Crippen LogP contribution in [-0.4, -0.2) is 23.5 Å². The van der Waals surface area contributed by atoms with Crippen molar-refractivity contribution in [3.8, 4) is 0 Å². The van der Waals surface area contributed by atoms with E-state index in [1.54, 1.807) is 28.8 Å². The Balaban J connectivity index is 2.50. The number of alkyl halides is 2. The van der Waals surface area contributed by atoms with E-state index in [4.69, 9.17) is 22.1 Å². The maximum atomic E-state index is 12.5. The SMILES string of the molecule is NC[C@H]1C=NC(OCC(F)I)=C(Cl)C1. The molecule has 1 unspecified atom stereocenters. The summed E-state index contributed by atoms with van der Waals surface area (Å²) in [5.74, 6) is 0.478. The van der Waals surface area contributed by atoms with Gasteiger partial charge in [-0.25, -0.2) is 9.38 Å². The Hall–Kier alpha value is 0.120. The number of nitrogens with two attached hydrogens (primary N) is 1. The van der Waals surface area contributed by atoms with Crippen molar-refractivity contribution >= 4 is 40.4 Å². The third-order valence-electron chi connectivity index (χ3n) is 1.72. The highest BCUT2D eigenvalue weighted by atomic mass is 127. The average molecular weight is 333 g/mol. The molecule has 1 heterocycles. The molecule has 0 saturated heterocycles. The predicted molar refractivity (Wildman–Crippen MR) is 63.4 cm³/mol. The van der Waals surface area contributed by atoms with Gasteiger partial charge in [-0.2, -0.15) is 0 Å². The van der Waals surface area contributed by atoms with Crippen LogP contribution in [-0.2, 0) is 4.74 Å². The van der Waals surface area contributed by atoms with E-state index in [1.807, 2.05) is 0 Å². The molecule has 2 N–H and O–H groups in total. The normalized spacial score (nSPS) is 23.9. The Morgan fingerprint density at radius 3 is 3.07 bits per heavy atom. The number of ether oxygens (including phenoxy) is 1. The van der Waals surface area contributed by atoms with Crippen LogP contribution < -0.4 is 5.73 Å². The van der Waals surface area contributed by atoms with E-state index in [0.29, 0.717) is 23.9 Å². The van der Waals surface area contributed by atoms with Crippen LogP contribution in [0.25, 0.3) is 0 Å². The van der Waals surface area contributed by atoms with Gasteiger partial charge < -0.3 is 10.5 Å². The smallest absolute Gasteiger partial charge is 0.228 e. The van der Waals surface area contributed by atoms with Crippen molar-refractivity contribution in [2.45, 2.75) is 10.6 Å². The maximum Gasteiger partial charge on any atom is 0.228 e. The monoisotopic (exact) mass is 332 g/mol. The Morgan fingerprint density at radius 2 is 2.57 bits per heavy atom. The molecule has 0 aromatic carbocycles. The standard InChI is InChI=1S/C8H11ClFIN2O/c9-6-1-5(2-12)3-13-8(6)14-4-7(10)11/h3,5,7H,1-2,4,12H2/t5-,7?/m0/s1. The Morgan fingerprint density at radius 1 is 1.86 bits per heavy atom. The molecule has 6 heteroatoms. The Bertz CT molecular complexity index is 258. The fourth-order valence-electron chi connectivity index (χ4n) is 1.02. The molecular weight excluding hydrogens is 321 g/mol. The van der Waals surface area contributed by atoms with Gasteiger partial charge in [0.1, 0.15) is 6.61 Å². The quantitative estimate of drug-likeness (QED) is 0.634. The van der Waals surface area contributed by atoms with Crippen molar-refractivity contribution in [1.82, 2.24) is 0 Å². The van der Waals surface area contributed by atoms with E-state index >= 15 is 0 Å². The molecule has 2 atom stereocenters. The van der Waals surface area contributed by atoms with E-state index in [1.165, 1.54) is 0 Å². The second-order valence-corrected chi connectivity index (χ2v) is 4.70. The summed E-state index contributed by atoms with van der Waals surface area (Å²) >= 11 is 7.53. The maximum absolute atomic E-state index is 12.5. The van der Waals surface area contributed by atoms with Gasteiger partial charge in [0.25, 0.3) is 0 Å². The molecule has 1 aliphatic rings. The fraction of sp³-hybridized carbons (Fsp3) is 0.625. The molecule has 0 saturated carbocycles. The highest BCUT2D eigenvalue weighted by Gasteiger charge is 2.17. The van der Waals surface area contributed by atoms with Gasteiger partial charge in [0.2, 0.25) is 5.88 Å². The highest BCUT2D eigenvalue weighted by molar-refractivity contribution is 14.1. The summed E-state index contributed by atoms with van der Waals surface area (Å²) in [7, 11) is 0. The van der Waals surface area contributed by atoms with Crippen LogP contribution in [0.4, 0.5) is 4.39 Å². The molecule has 14 heavy (non-hydrogen) atoms. The van der Waals surface area contributed by atoms with Crippen LogP contribution in [0.5, 0.6) is 0 Å². The van der Waals surface area contributed by atoms with E-state index < -0.39 is 4.18 Å². The highest BCUT2D eigenvalue weighted by Crippen LogP contribution is 2.24. The van der Waals surface area contributed by atoms with Gasteiger partial charge in [0.15, 0.2) is 4.18 Å². The van der Waals surface area contributed by atoms with E-state index in [9.17, 15) is 4.39 Å². The van der Waals surface area contributed by atoms with Crippen LogP contribution in [0, 0.1) is 5.92 Å². The molecule has 0 aromatic heterocycles. The summed E-state index contributed by atoms with van der Waals surface area (Å²) in [5.41, 5.74) is 5.46. The molecule has 0 aromatic rings. The first-order chi connectivity index (χ1) is 6.63. The third kappa shape index (κ3) is 3.70. The topological polar surface area (TPSA) is 47.6 Å². The Kier molecular flexibility index (Phi) is 5.11. The molecule has 3 nitrogen and oxygen atoms in total. The number of halogens is 3. The average Bonchev–Trinajstić information content (AvgIpc) is 2.15. The number of hydrogen-bond donors (Lipinski definition) is 1. The lowest BCUT2D eigenvalue weighted by Crippen LogP contribution is -2.19. The molecule has 1 aliphatic heterocycles. The number of aliphatic imine (C=N–C) groups is 1. The van der Waals surface area contributed by atoms with Crippen molar-refractivity contribution in [2.75, 3.05) is 13.2 Å². The minimum atomic E-state index is -1.05. The zero-order chi connectivity index (χ0) is 10.6. The van der Waals surface area contributed by atoms with Crippen molar-refractivity contribution in [2.24, 2.45) is 16.6 Å². The number of nitrogens with zero attached hydrogens (tertiary/aromatic N) is 1. The van der Waals surface area contributed by atoms with Gasteiger partial charge in [0.05, 0.1) is 5.03 Å². The predicted octanol–water partition coefficient (Wildman–Crippen LogP) is 2.19. The van der Waals surface area contributed by atoms with Crippen LogP contribution in [0.15, 0.2) is 15.9 Å². The summed E-state index contributed by atoms with van der Waals surface area (Å²) < 4.78 is 16.5. The van der Waals surface area contributed by atoms with Crippen molar-refractivity contribution in [3.63, 3.8) is 0 Å². The zero-order valence-electron chi connectivity index (χ0n) is 7.42. The second kappa shape index (κ2) is 5.87. The lowest BCUT2D eigenvalue weighted by molar-refractivity contribution is 0.175. The molecule has 0 fully saturated rings. The van der Waals surface area contributed by atoms with Gasteiger partial charge in [-0.3, -0.25) is 0 Å². The summed E-state index contributed by atoms with van der Waals surface area (Å²) in [4.78, 5) is 3.99. The number of hydrogen-bond acceptors (Lipinski definition) is 3. The zero-order valence-corrected chi connectivity index (χ0v) is 10.3. The van der Waals surface area contributed by atoms with E-state index in [-0.39, 0.29) is 12.5 Å².